The lowest BCUT2D eigenvalue weighted by molar-refractivity contribution is -0.133. The lowest BCUT2D eigenvalue weighted by Gasteiger charge is -2.28. The summed E-state index contributed by atoms with van der Waals surface area (Å²) >= 11 is 0. The summed E-state index contributed by atoms with van der Waals surface area (Å²) < 4.78 is 0. The highest BCUT2D eigenvalue weighted by Crippen LogP contribution is 2.32. The van der Waals surface area contributed by atoms with Gasteiger partial charge in [-0.1, -0.05) is 0 Å². The monoisotopic (exact) mass is 273 g/mol. The highest BCUT2D eigenvalue weighted by Gasteiger charge is 2.31. The predicted octanol–water partition coefficient (Wildman–Crippen LogP) is 2.13. The van der Waals surface area contributed by atoms with Gasteiger partial charge in [0, 0.05) is 25.4 Å². The maximum absolute atomic E-state index is 12.6. The molecule has 0 radical (unpaired) electrons. The van der Waals surface area contributed by atoms with Crippen molar-refractivity contribution in [3.05, 3.63) is 30.1 Å². The van der Waals surface area contributed by atoms with Gasteiger partial charge >= 0.3 is 0 Å². The van der Waals surface area contributed by atoms with Crippen molar-refractivity contribution in [2.45, 2.75) is 38.1 Å². The largest absolute Gasteiger partial charge is 0.336 e. The zero-order valence-corrected chi connectivity index (χ0v) is 11.9. The van der Waals surface area contributed by atoms with Crippen LogP contribution >= 0.6 is 0 Å². The van der Waals surface area contributed by atoms with Crippen molar-refractivity contribution >= 4 is 5.91 Å². The first kappa shape index (κ1) is 13.6. The molecule has 1 N–H and O–H groups in total. The van der Waals surface area contributed by atoms with Crippen molar-refractivity contribution in [2.24, 2.45) is 5.92 Å². The topological polar surface area (TPSA) is 45.2 Å². The number of carbonyl (C=O) groups is 1. The summed E-state index contributed by atoms with van der Waals surface area (Å²) in [5, 5.41) is 3.39. The number of rotatable bonds is 3. The SMILES string of the molecule is O=C(CC1CCCNC1)N1CCCC1c1ccncc1. The van der Waals surface area contributed by atoms with Gasteiger partial charge in [-0.25, -0.2) is 0 Å². The van der Waals surface area contributed by atoms with Crippen molar-refractivity contribution in [3.63, 3.8) is 0 Å². The van der Waals surface area contributed by atoms with Crippen LogP contribution in [0.1, 0.15) is 43.7 Å². The quantitative estimate of drug-likeness (QED) is 0.917. The summed E-state index contributed by atoms with van der Waals surface area (Å²) in [6.45, 7) is 3.01. The van der Waals surface area contributed by atoms with Crippen molar-refractivity contribution in [3.8, 4) is 0 Å². The van der Waals surface area contributed by atoms with Gasteiger partial charge in [0.05, 0.1) is 6.04 Å². The fraction of sp³-hybridized carbons (Fsp3) is 0.625. The molecule has 4 nitrogen and oxygen atoms in total. The van der Waals surface area contributed by atoms with Crippen LogP contribution in [0.15, 0.2) is 24.5 Å². The number of piperidine rings is 1. The number of carbonyl (C=O) groups excluding carboxylic acids is 1. The van der Waals surface area contributed by atoms with Crippen molar-refractivity contribution in [2.75, 3.05) is 19.6 Å². The molecule has 0 spiro atoms. The lowest BCUT2D eigenvalue weighted by Crippen LogP contribution is -2.36. The number of hydrogen-bond donors (Lipinski definition) is 1. The molecule has 20 heavy (non-hydrogen) atoms. The van der Waals surface area contributed by atoms with Crippen LogP contribution in [0.3, 0.4) is 0 Å². The Balaban J connectivity index is 1.64. The third-order valence-corrected chi connectivity index (χ3v) is 4.53. The van der Waals surface area contributed by atoms with Gasteiger partial charge in [0.1, 0.15) is 0 Å². The Bertz CT molecular complexity index is 442. The number of hydrogen-bond acceptors (Lipinski definition) is 3. The maximum Gasteiger partial charge on any atom is 0.223 e. The van der Waals surface area contributed by atoms with Gasteiger partial charge in [-0.05, 0) is 62.4 Å². The molecule has 1 amide bonds. The second-order valence-corrected chi connectivity index (χ2v) is 5.94. The van der Waals surface area contributed by atoms with Crippen LogP contribution in [-0.2, 0) is 4.79 Å². The van der Waals surface area contributed by atoms with Gasteiger partial charge in [-0.15, -0.1) is 0 Å². The third-order valence-electron chi connectivity index (χ3n) is 4.53. The highest BCUT2D eigenvalue weighted by atomic mass is 16.2. The van der Waals surface area contributed by atoms with E-state index in [9.17, 15) is 4.79 Å². The van der Waals surface area contributed by atoms with Gasteiger partial charge in [0.25, 0.3) is 0 Å². The molecule has 4 heteroatoms. The highest BCUT2D eigenvalue weighted by molar-refractivity contribution is 5.77. The van der Waals surface area contributed by atoms with Crippen LogP contribution < -0.4 is 5.32 Å². The van der Waals surface area contributed by atoms with E-state index < -0.39 is 0 Å². The number of nitrogens with one attached hydrogen (secondary N) is 1. The molecule has 3 rings (SSSR count). The summed E-state index contributed by atoms with van der Waals surface area (Å²) in [6, 6.07) is 4.35. The Morgan fingerprint density at radius 3 is 2.90 bits per heavy atom. The molecule has 2 fully saturated rings. The lowest BCUT2D eigenvalue weighted by atomic mass is 9.95. The summed E-state index contributed by atoms with van der Waals surface area (Å²) in [7, 11) is 0. The summed E-state index contributed by atoms with van der Waals surface area (Å²) in [4.78, 5) is 18.7. The van der Waals surface area contributed by atoms with E-state index in [4.69, 9.17) is 0 Å². The van der Waals surface area contributed by atoms with E-state index in [0.717, 1.165) is 32.5 Å². The van der Waals surface area contributed by atoms with Crippen LogP contribution in [0, 0.1) is 5.92 Å². The number of nitrogens with zero attached hydrogens (tertiary/aromatic N) is 2. The average Bonchev–Trinajstić information content (AvgIpc) is 2.99. The molecule has 2 unspecified atom stereocenters. The number of amides is 1. The standard InChI is InChI=1S/C16H23N3O/c20-16(11-13-3-1-7-18-12-13)19-10-2-4-15(19)14-5-8-17-9-6-14/h5-6,8-9,13,15,18H,1-4,7,10-12H2. The average molecular weight is 273 g/mol. The second-order valence-electron chi connectivity index (χ2n) is 5.94. The molecular weight excluding hydrogens is 250 g/mol. The molecule has 1 aromatic heterocycles. The van der Waals surface area contributed by atoms with Crippen molar-refractivity contribution in [1.82, 2.24) is 15.2 Å². The van der Waals surface area contributed by atoms with E-state index in [2.05, 4.69) is 15.2 Å². The van der Waals surface area contributed by atoms with E-state index in [-0.39, 0.29) is 6.04 Å². The molecule has 0 saturated carbocycles. The van der Waals surface area contributed by atoms with Crippen LogP contribution in [0.2, 0.25) is 0 Å². The van der Waals surface area contributed by atoms with Gasteiger partial charge in [0.2, 0.25) is 5.91 Å². The Labute approximate surface area is 120 Å². The molecule has 2 saturated heterocycles. The number of aromatic nitrogens is 1. The molecule has 0 bridgehead atoms. The van der Waals surface area contributed by atoms with Crippen molar-refractivity contribution in [1.29, 1.82) is 0 Å². The zero-order chi connectivity index (χ0) is 13.8. The van der Waals surface area contributed by atoms with Crippen LogP contribution in [0.25, 0.3) is 0 Å². The zero-order valence-electron chi connectivity index (χ0n) is 11.9. The van der Waals surface area contributed by atoms with E-state index >= 15 is 0 Å². The normalized spacial score (nSPS) is 26.7. The molecule has 2 aliphatic heterocycles. The van der Waals surface area contributed by atoms with E-state index in [1.54, 1.807) is 0 Å². The Morgan fingerprint density at radius 2 is 2.15 bits per heavy atom. The fourth-order valence-corrected chi connectivity index (χ4v) is 3.46. The molecule has 2 aliphatic rings. The smallest absolute Gasteiger partial charge is 0.223 e. The number of likely N-dealkylation sites (tertiary alicyclic amines) is 1. The minimum absolute atomic E-state index is 0.266. The van der Waals surface area contributed by atoms with Gasteiger partial charge in [0.15, 0.2) is 0 Å². The molecule has 2 atom stereocenters. The second kappa shape index (κ2) is 6.35. The Hall–Kier alpha value is -1.42. The molecule has 3 heterocycles. The van der Waals surface area contributed by atoms with Crippen molar-refractivity contribution < 1.29 is 4.79 Å². The minimum Gasteiger partial charge on any atom is -0.336 e. The predicted molar refractivity (Wildman–Crippen MR) is 78.1 cm³/mol. The Kier molecular flexibility index (Phi) is 4.31. The Morgan fingerprint density at radius 1 is 1.30 bits per heavy atom. The van der Waals surface area contributed by atoms with Crippen LogP contribution in [0.5, 0.6) is 0 Å². The summed E-state index contributed by atoms with van der Waals surface area (Å²) in [6.07, 6.45) is 8.93. The molecule has 0 aliphatic carbocycles. The fourth-order valence-electron chi connectivity index (χ4n) is 3.46. The molecular formula is C16H23N3O. The molecule has 108 valence electrons. The van der Waals surface area contributed by atoms with Gasteiger partial charge in [-0.2, -0.15) is 0 Å². The van der Waals surface area contributed by atoms with Crippen LogP contribution in [-0.4, -0.2) is 35.4 Å². The first-order valence-corrected chi connectivity index (χ1v) is 7.74. The summed E-state index contributed by atoms with van der Waals surface area (Å²) in [5.74, 6) is 0.855. The van der Waals surface area contributed by atoms with Gasteiger partial charge < -0.3 is 10.2 Å². The minimum atomic E-state index is 0.266. The van der Waals surface area contributed by atoms with Crippen LogP contribution in [0.4, 0.5) is 0 Å². The summed E-state index contributed by atoms with van der Waals surface area (Å²) in [5.41, 5.74) is 1.23. The molecule has 0 aromatic carbocycles. The van der Waals surface area contributed by atoms with E-state index in [1.165, 1.54) is 18.4 Å². The maximum atomic E-state index is 12.6. The van der Waals surface area contributed by atoms with E-state index in [0.29, 0.717) is 18.2 Å². The first-order chi connectivity index (χ1) is 9.84. The molecule has 1 aromatic rings. The third kappa shape index (κ3) is 3.01. The first-order valence-electron chi connectivity index (χ1n) is 7.74. The van der Waals surface area contributed by atoms with Gasteiger partial charge in [-0.3, -0.25) is 9.78 Å². The van der Waals surface area contributed by atoms with E-state index in [1.807, 2.05) is 24.5 Å². The number of pyridine rings is 1.